The summed E-state index contributed by atoms with van der Waals surface area (Å²) in [4.78, 5) is 29.4. The highest BCUT2D eigenvalue weighted by molar-refractivity contribution is 5.93. The van der Waals surface area contributed by atoms with Crippen LogP contribution in [0.1, 0.15) is 21.0 Å². The monoisotopic (exact) mass is 471 g/mol. The smallest absolute Gasteiger partial charge is 0.362 e. The molecule has 0 aliphatic carbocycles. The molecule has 5 heteroatoms. The van der Waals surface area contributed by atoms with Crippen LogP contribution in [0.4, 0.5) is 0 Å². The number of rotatable bonds is 6. The van der Waals surface area contributed by atoms with Gasteiger partial charge in [-0.3, -0.25) is 0 Å². The van der Waals surface area contributed by atoms with Crippen LogP contribution in [0.2, 0.25) is 0 Å². The first-order valence-electron chi connectivity index (χ1n) is 11.4. The summed E-state index contributed by atoms with van der Waals surface area (Å²) in [5.74, 6) is -0.561. The molecule has 174 valence electrons. The topological polar surface area (TPSA) is 65.5 Å². The first-order chi connectivity index (χ1) is 17.7. The van der Waals surface area contributed by atoms with Gasteiger partial charge in [0.15, 0.2) is 0 Å². The summed E-state index contributed by atoms with van der Waals surface area (Å²) in [6.45, 7) is 0. The van der Waals surface area contributed by atoms with Crippen molar-refractivity contribution < 1.29 is 19.1 Å². The second-order valence-electron chi connectivity index (χ2n) is 7.97. The van der Waals surface area contributed by atoms with Crippen molar-refractivity contribution in [3.05, 3.63) is 139 Å². The molecule has 5 aromatic rings. The van der Waals surface area contributed by atoms with Gasteiger partial charge in [0.1, 0.15) is 22.9 Å². The van der Waals surface area contributed by atoms with E-state index >= 15 is 0 Å². The lowest BCUT2D eigenvalue weighted by atomic mass is 10.1. The SMILES string of the molecule is O=C(Oc1ccc(-c2ccccc2)cc1)c1cccc(C(=O)Oc2ccc(-c3ccccc3)cc2)n1. The number of carbonyl (C=O) groups is 2. The van der Waals surface area contributed by atoms with Gasteiger partial charge in [-0.15, -0.1) is 0 Å². The third-order valence-electron chi connectivity index (χ3n) is 5.51. The molecule has 1 heterocycles. The molecule has 0 saturated carbocycles. The molecule has 4 aromatic carbocycles. The van der Waals surface area contributed by atoms with Crippen LogP contribution in [0.25, 0.3) is 22.3 Å². The summed E-state index contributed by atoms with van der Waals surface area (Å²) in [5, 5.41) is 0. The highest BCUT2D eigenvalue weighted by Crippen LogP contribution is 2.24. The zero-order chi connectivity index (χ0) is 24.7. The number of carbonyl (C=O) groups excluding carboxylic acids is 2. The number of hydrogen-bond donors (Lipinski definition) is 0. The van der Waals surface area contributed by atoms with Crippen LogP contribution in [0, 0.1) is 0 Å². The summed E-state index contributed by atoms with van der Waals surface area (Å²) in [6, 6.07) is 38.7. The summed E-state index contributed by atoms with van der Waals surface area (Å²) < 4.78 is 10.9. The maximum absolute atomic E-state index is 12.6. The van der Waals surface area contributed by atoms with Crippen molar-refractivity contribution in [1.29, 1.82) is 0 Å². The zero-order valence-electron chi connectivity index (χ0n) is 19.2. The third-order valence-corrected chi connectivity index (χ3v) is 5.51. The van der Waals surface area contributed by atoms with Crippen molar-refractivity contribution >= 4 is 11.9 Å². The Morgan fingerprint density at radius 1 is 0.417 bits per heavy atom. The highest BCUT2D eigenvalue weighted by atomic mass is 16.5. The van der Waals surface area contributed by atoms with Crippen molar-refractivity contribution in [2.24, 2.45) is 0 Å². The fourth-order valence-corrected chi connectivity index (χ4v) is 3.67. The molecule has 0 aliphatic rings. The number of benzene rings is 4. The van der Waals surface area contributed by atoms with Crippen LogP contribution in [0.5, 0.6) is 11.5 Å². The maximum atomic E-state index is 12.6. The number of nitrogens with zero attached hydrogens (tertiary/aromatic N) is 1. The molecule has 0 atom stereocenters. The van der Waals surface area contributed by atoms with Gasteiger partial charge < -0.3 is 9.47 Å². The van der Waals surface area contributed by atoms with Crippen LogP contribution in [-0.4, -0.2) is 16.9 Å². The largest absolute Gasteiger partial charge is 0.422 e. The van der Waals surface area contributed by atoms with Crippen molar-refractivity contribution in [3.63, 3.8) is 0 Å². The Hall–Kier alpha value is -5.03. The minimum Gasteiger partial charge on any atom is -0.422 e. The van der Waals surface area contributed by atoms with Crippen molar-refractivity contribution in [3.8, 4) is 33.8 Å². The fraction of sp³-hybridized carbons (Fsp3) is 0. The molecule has 0 unspecified atom stereocenters. The molecule has 5 nitrogen and oxygen atoms in total. The van der Waals surface area contributed by atoms with Gasteiger partial charge in [-0.2, -0.15) is 0 Å². The van der Waals surface area contributed by atoms with Gasteiger partial charge in [0.25, 0.3) is 0 Å². The molecule has 0 bridgehead atoms. The molecule has 0 radical (unpaired) electrons. The lowest BCUT2D eigenvalue weighted by Crippen LogP contribution is -2.15. The van der Waals surface area contributed by atoms with E-state index in [1.54, 1.807) is 30.3 Å². The first kappa shape index (κ1) is 22.7. The van der Waals surface area contributed by atoms with Crippen LogP contribution in [0.3, 0.4) is 0 Å². The van der Waals surface area contributed by atoms with Gasteiger partial charge in [-0.1, -0.05) is 91.0 Å². The van der Waals surface area contributed by atoms with Gasteiger partial charge in [0, 0.05) is 0 Å². The van der Waals surface area contributed by atoms with E-state index in [1.165, 1.54) is 12.1 Å². The minimum atomic E-state index is -0.663. The molecule has 0 fully saturated rings. The normalized spacial score (nSPS) is 10.4. The average Bonchev–Trinajstić information content (AvgIpc) is 2.95. The summed E-state index contributed by atoms with van der Waals surface area (Å²) in [5.41, 5.74) is 4.17. The second kappa shape index (κ2) is 10.5. The standard InChI is InChI=1S/C31H21NO4/c33-30(35-26-18-14-24(15-19-26)22-8-3-1-4-9-22)28-12-7-13-29(32-28)31(34)36-27-20-16-25(17-21-27)23-10-5-2-6-11-23/h1-21H. The third kappa shape index (κ3) is 5.37. The van der Waals surface area contributed by atoms with E-state index in [2.05, 4.69) is 4.98 Å². The quantitative estimate of drug-likeness (QED) is 0.200. The molecule has 0 amide bonds. The van der Waals surface area contributed by atoms with Gasteiger partial charge in [-0.25, -0.2) is 14.6 Å². The number of ether oxygens (including phenoxy) is 2. The lowest BCUT2D eigenvalue weighted by Gasteiger charge is -2.08. The highest BCUT2D eigenvalue weighted by Gasteiger charge is 2.16. The van der Waals surface area contributed by atoms with Crippen LogP contribution in [-0.2, 0) is 0 Å². The second-order valence-corrected chi connectivity index (χ2v) is 7.97. The van der Waals surface area contributed by atoms with Crippen LogP contribution >= 0.6 is 0 Å². The predicted octanol–water partition coefficient (Wildman–Crippen LogP) is 6.85. The Morgan fingerprint density at radius 2 is 0.778 bits per heavy atom. The van der Waals surface area contributed by atoms with Gasteiger partial charge in [0.05, 0.1) is 0 Å². The van der Waals surface area contributed by atoms with Gasteiger partial charge in [0.2, 0.25) is 0 Å². The van der Waals surface area contributed by atoms with Crippen LogP contribution in [0.15, 0.2) is 127 Å². The van der Waals surface area contributed by atoms with E-state index in [1.807, 2.05) is 84.9 Å². The average molecular weight is 472 g/mol. The number of aromatic nitrogens is 1. The number of esters is 2. The maximum Gasteiger partial charge on any atom is 0.362 e. The minimum absolute atomic E-state index is 0.0102. The predicted molar refractivity (Wildman–Crippen MR) is 138 cm³/mol. The molecule has 0 aliphatic heterocycles. The molecule has 5 rings (SSSR count). The first-order valence-corrected chi connectivity index (χ1v) is 11.4. The van der Waals surface area contributed by atoms with E-state index in [9.17, 15) is 9.59 Å². The van der Waals surface area contributed by atoms with Gasteiger partial charge >= 0.3 is 11.9 Å². The van der Waals surface area contributed by atoms with E-state index in [-0.39, 0.29) is 11.4 Å². The van der Waals surface area contributed by atoms with Crippen LogP contribution < -0.4 is 9.47 Å². The molecule has 0 N–H and O–H groups in total. The van der Waals surface area contributed by atoms with E-state index in [4.69, 9.17) is 9.47 Å². The molecule has 1 aromatic heterocycles. The summed E-state index contributed by atoms with van der Waals surface area (Å²) in [7, 11) is 0. The Bertz CT molecular complexity index is 1370. The molecule has 0 spiro atoms. The van der Waals surface area contributed by atoms with E-state index in [0.29, 0.717) is 11.5 Å². The Labute approximate surface area is 208 Å². The molecular weight excluding hydrogens is 450 g/mol. The van der Waals surface area contributed by atoms with E-state index in [0.717, 1.165) is 22.3 Å². The van der Waals surface area contributed by atoms with Crippen molar-refractivity contribution in [2.75, 3.05) is 0 Å². The molecular formula is C31H21NO4. The van der Waals surface area contributed by atoms with Crippen molar-refractivity contribution in [2.45, 2.75) is 0 Å². The Balaban J connectivity index is 1.24. The molecule has 0 saturated heterocycles. The Kier molecular flexibility index (Phi) is 6.63. The lowest BCUT2D eigenvalue weighted by molar-refractivity contribution is 0.0722. The fourth-order valence-electron chi connectivity index (χ4n) is 3.67. The summed E-state index contributed by atoms with van der Waals surface area (Å²) in [6.07, 6.45) is 0. The number of hydrogen-bond acceptors (Lipinski definition) is 5. The van der Waals surface area contributed by atoms with E-state index < -0.39 is 11.9 Å². The zero-order valence-corrected chi connectivity index (χ0v) is 19.2. The summed E-state index contributed by atoms with van der Waals surface area (Å²) >= 11 is 0. The number of pyridine rings is 1. The van der Waals surface area contributed by atoms with Gasteiger partial charge in [-0.05, 0) is 58.7 Å². The Morgan fingerprint density at radius 3 is 1.17 bits per heavy atom. The molecule has 36 heavy (non-hydrogen) atoms. The van der Waals surface area contributed by atoms with Crippen molar-refractivity contribution in [1.82, 2.24) is 4.98 Å².